The fraction of sp³-hybridized carbons (Fsp3) is 0.562. The predicted octanol–water partition coefficient (Wildman–Crippen LogP) is 5.15. The first-order chi connectivity index (χ1) is 9.32. The van der Waals surface area contributed by atoms with Crippen LogP contribution in [0.3, 0.4) is 0 Å². The zero-order valence-corrected chi connectivity index (χ0v) is 14.1. The van der Waals surface area contributed by atoms with E-state index >= 15 is 0 Å². The van der Waals surface area contributed by atoms with Crippen molar-refractivity contribution in [2.45, 2.75) is 40.7 Å². The van der Waals surface area contributed by atoms with Gasteiger partial charge in [-0.1, -0.05) is 39.3 Å². The molecule has 0 bridgehead atoms. The quantitative estimate of drug-likeness (QED) is 0.713. The fourth-order valence-electron chi connectivity index (χ4n) is 2.18. The van der Waals surface area contributed by atoms with Crippen molar-refractivity contribution in [3.05, 3.63) is 29.0 Å². The third-order valence-corrected chi connectivity index (χ3v) is 4.47. The summed E-state index contributed by atoms with van der Waals surface area (Å²) in [5, 5.41) is 0.725. The average molecular weight is 313 g/mol. The van der Waals surface area contributed by atoms with Crippen LogP contribution in [0.15, 0.2) is 18.2 Å². The van der Waals surface area contributed by atoms with Crippen LogP contribution < -0.4 is 0 Å². The molecule has 0 spiro atoms. The first-order valence-electron chi connectivity index (χ1n) is 7.03. The van der Waals surface area contributed by atoms with Gasteiger partial charge in [0.05, 0.1) is 11.0 Å². The number of nitrogens with zero attached hydrogens (tertiary/aromatic N) is 2. The molecule has 20 heavy (non-hydrogen) atoms. The van der Waals surface area contributed by atoms with Gasteiger partial charge in [-0.2, -0.15) is 0 Å². The zero-order valence-electron chi connectivity index (χ0n) is 12.6. The molecule has 2 aromatic rings. The minimum absolute atomic E-state index is 0.265. The van der Waals surface area contributed by atoms with Crippen LogP contribution in [-0.4, -0.2) is 15.4 Å². The van der Waals surface area contributed by atoms with E-state index in [4.69, 9.17) is 28.2 Å². The van der Waals surface area contributed by atoms with Crippen molar-refractivity contribution in [2.24, 2.45) is 11.3 Å². The Kier molecular flexibility index (Phi) is 4.66. The number of rotatable bonds is 4. The van der Waals surface area contributed by atoms with E-state index in [0.717, 1.165) is 34.8 Å². The lowest BCUT2D eigenvalue weighted by Gasteiger charge is -2.28. The van der Waals surface area contributed by atoms with Crippen molar-refractivity contribution < 1.29 is 0 Å². The molecular formula is C16H22Cl2N2. The summed E-state index contributed by atoms with van der Waals surface area (Å²) in [6, 6.07) is 5.90. The van der Waals surface area contributed by atoms with Gasteiger partial charge in [0.1, 0.15) is 5.82 Å². The fourth-order valence-corrected chi connectivity index (χ4v) is 2.52. The number of hydrogen-bond donors (Lipinski definition) is 0. The van der Waals surface area contributed by atoms with Gasteiger partial charge in [-0.3, -0.25) is 0 Å². The van der Waals surface area contributed by atoms with Crippen molar-refractivity contribution in [1.29, 1.82) is 0 Å². The maximum Gasteiger partial charge on any atom is 0.111 e. The second kappa shape index (κ2) is 5.95. The number of hydrogen-bond acceptors (Lipinski definition) is 1. The van der Waals surface area contributed by atoms with Gasteiger partial charge in [0.2, 0.25) is 0 Å². The van der Waals surface area contributed by atoms with Gasteiger partial charge in [0, 0.05) is 23.9 Å². The lowest BCUT2D eigenvalue weighted by molar-refractivity contribution is 0.233. The number of fused-ring (bicyclic) bond motifs is 1. The summed E-state index contributed by atoms with van der Waals surface area (Å²) in [6.45, 7) is 10.1. The molecular weight excluding hydrogens is 291 g/mol. The van der Waals surface area contributed by atoms with Crippen LogP contribution in [0, 0.1) is 11.3 Å². The zero-order chi connectivity index (χ0) is 14.9. The number of aromatic nitrogens is 2. The summed E-state index contributed by atoms with van der Waals surface area (Å²) in [6.07, 6.45) is 0.782. The molecule has 0 saturated heterocycles. The Morgan fingerprint density at radius 2 is 2.00 bits per heavy atom. The minimum Gasteiger partial charge on any atom is -0.328 e. The Morgan fingerprint density at radius 1 is 1.30 bits per heavy atom. The van der Waals surface area contributed by atoms with Crippen molar-refractivity contribution in [3.63, 3.8) is 0 Å². The first kappa shape index (κ1) is 15.7. The maximum atomic E-state index is 6.06. The summed E-state index contributed by atoms with van der Waals surface area (Å²) >= 11 is 12.0. The Morgan fingerprint density at radius 3 is 2.60 bits per heavy atom. The van der Waals surface area contributed by atoms with E-state index in [9.17, 15) is 0 Å². The average Bonchev–Trinajstić information content (AvgIpc) is 2.66. The molecule has 110 valence electrons. The number of imidazole rings is 1. The predicted molar refractivity (Wildman–Crippen MR) is 87.8 cm³/mol. The third kappa shape index (κ3) is 3.29. The SMILES string of the molecule is CC(Cn1c(CCCl)nc2cc(Cl)ccc21)C(C)(C)C. The van der Waals surface area contributed by atoms with Crippen LogP contribution in [0.1, 0.15) is 33.5 Å². The molecule has 4 heteroatoms. The molecule has 0 N–H and O–H groups in total. The summed E-state index contributed by atoms with van der Waals surface area (Å²) in [7, 11) is 0. The Hall–Kier alpha value is -0.730. The van der Waals surface area contributed by atoms with Crippen LogP contribution in [0.25, 0.3) is 11.0 Å². The molecule has 0 fully saturated rings. The highest BCUT2D eigenvalue weighted by molar-refractivity contribution is 6.31. The molecule has 0 aliphatic rings. The molecule has 0 saturated carbocycles. The van der Waals surface area contributed by atoms with Gasteiger partial charge in [-0.15, -0.1) is 11.6 Å². The smallest absolute Gasteiger partial charge is 0.111 e. The van der Waals surface area contributed by atoms with Crippen molar-refractivity contribution in [2.75, 3.05) is 5.88 Å². The van der Waals surface area contributed by atoms with Crippen molar-refractivity contribution >= 4 is 34.2 Å². The van der Waals surface area contributed by atoms with E-state index in [-0.39, 0.29) is 5.41 Å². The lowest BCUT2D eigenvalue weighted by Crippen LogP contribution is -2.23. The van der Waals surface area contributed by atoms with Crippen LogP contribution in [0.5, 0.6) is 0 Å². The molecule has 1 unspecified atom stereocenters. The highest BCUT2D eigenvalue weighted by Gasteiger charge is 2.22. The standard InChI is InChI=1S/C16H22Cl2N2/c1-11(16(2,3)4)10-20-14-6-5-12(18)9-13(14)19-15(20)7-8-17/h5-6,9,11H,7-8,10H2,1-4H3. The van der Waals surface area contributed by atoms with Gasteiger partial charge in [0.25, 0.3) is 0 Å². The molecule has 1 heterocycles. The first-order valence-corrected chi connectivity index (χ1v) is 7.95. The highest BCUT2D eigenvalue weighted by atomic mass is 35.5. The molecule has 0 aliphatic heterocycles. The molecule has 1 atom stereocenters. The summed E-state index contributed by atoms with van der Waals surface area (Å²) < 4.78 is 2.30. The third-order valence-electron chi connectivity index (χ3n) is 4.04. The van der Waals surface area contributed by atoms with Gasteiger partial charge in [-0.05, 0) is 29.5 Å². The topological polar surface area (TPSA) is 17.8 Å². The molecule has 0 radical (unpaired) electrons. The largest absolute Gasteiger partial charge is 0.328 e. The molecule has 0 amide bonds. The number of halogens is 2. The van der Waals surface area contributed by atoms with Crippen LogP contribution >= 0.6 is 23.2 Å². The lowest BCUT2D eigenvalue weighted by atomic mass is 9.82. The Balaban J connectivity index is 2.46. The van der Waals surface area contributed by atoms with Gasteiger partial charge >= 0.3 is 0 Å². The Labute approximate surface area is 131 Å². The highest BCUT2D eigenvalue weighted by Crippen LogP contribution is 2.29. The van der Waals surface area contributed by atoms with Gasteiger partial charge < -0.3 is 4.57 Å². The van der Waals surface area contributed by atoms with Crippen LogP contribution in [0.4, 0.5) is 0 Å². The molecule has 1 aromatic carbocycles. The number of benzene rings is 1. The summed E-state index contributed by atoms with van der Waals surface area (Å²) in [5.74, 6) is 2.18. The van der Waals surface area contributed by atoms with Crippen LogP contribution in [0.2, 0.25) is 5.02 Å². The monoisotopic (exact) mass is 312 g/mol. The van der Waals surface area contributed by atoms with E-state index in [1.807, 2.05) is 12.1 Å². The van der Waals surface area contributed by atoms with Gasteiger partial charge in [0.15, 0.2) is 0 Å². The van der Waals surface area contributed by atoms with Crippen LogP contribution in [-0.2, 0) is 13.0 Å². The van der Waals surface area contributed by atoms with E-state index < -0.39 is 0 Å². The number of alkyl halides is 1. The second-order valence-electron chi connectivity index (χ2n) is 6.48. The molecule has 2 nitrogen and oxygen atoms in total. The normalized spacial score (nSPS) is 13.9. The Bertz CT molecular complexity index is 596. The molecule has 0 aliphatic carbocycles. The van der Waals surface area contributed by atoms with Gasteiger partial charge in [-0.25, -0.2) is 4.98 Å². The van der Waals surface area contributed by atoms with Crippen molar-refractivity contribution in [1.82, 2.24) is 9.55 Å². The number of aryl methyl sites for hydroxylation is 1. The van der Waals surface area contributed by atoms with E-state index in [1.165, 1.54) is 0 Å². The summed E-state index contributed by atoms with van der Waals surface area (Å²) in [5.41, 5.74) is 2.37. The van der Waals surface area contributed by atoms with Crippen molar-refractivity contribution in [3.8, 4) is 0 Å². The minimum atomic E-state index is 0.265. The molecule has 2 rings (SSSR count). The maximum absolute atomic E-state index is 6.06. The second-order valence-corrected chi connectivity index (χ2v) is 7.29. The van der Waals surface area contributed by atoms with E-state index in [0.29, 0.717) is 11.8 Å². The summed E-state index contributed by atoms with van der Waals surface area (Å²) in [4.78, 5) is 4.69. The van der Waals surface area contributed by atoms with E-state index in [2.05, 4.69) is 38.3 Å². The molecule has 1 aromatic heterocycles. The van der Waals surface area contributed by atoms with E-state index in [1.54, 1.807) is 0 Å².